The van der Waals surface area contributed by atoms with E-state index < -0.39 is 16.0 Å². The van der Waals surface area contributed by atoms with Crippen molar-refractivity contribution in [3.05, 3.63) is 12.4 Å². The lowest BCUT2D eigenvalue weighted by Crippen LogP contribution is -2.39. The Labute approximate surface area is 123 Å². The van der Waals surface area contributed by atoms with Crippen molar-refractivity contribution in [2.75, 3.05) is 19.6 Å². The fourth-order valence-corrected chi connectivity index (χ4v) is 3.57. The molecule has 8 nitrogen and oxygen atoms in total. The molecule has 0 amide bonds. The molecule has 0 radical (unpaired) electrons. The smallest absolute Gasteiger partial charge is 0.325 e. The molecular formula is C12H20N4O4S. The number of carboxylic acid groups (broad SMARTS) is 1. The Hall–Kier alpha value is -1.45. The monoisotopic (exact) mass is 316 g/mol. The van der Waals surface area contributed by atoms with Gasteiger partial charge in [0, 0.05) is 18.8 Å². The summed E-state index contributed by atoms with van der Waals surface area (Å²) in [5, 5.41) is 12.4. The zero-order valence-electron chi connectivity index (χ0n) is 11.9. The highest BCUT2D eigenvalue weighted by molar-refractivity contribution is 7.89. The number of rotatable bonds is 7. The number of nitrogens with one attached hydrogen (secondary N) is 1. The molecule has 0 spiro atoms. The number of carboxylic acids is 1. The Morgan fingerprint density at radius 2 is 2.33 bits per heavy atom. The average molecular weight is 316 g/mol. The molecule has 21 heavy (non-hydrogen) atoms. The third-order valence-electron chi connectivity index (χ3n) is 3.63. The molecule has 0 saturated carbocycles. The Morgan fingerprint density at radius 3 is 3.00 bits per heavy atom. The van der Waals surface area contributed by atoms with Crippen LogP contribution >= 0.6 is 0 Å². The number of hydrogen-bond donors (Lipinski definition) is 2. The molecule has 1 fully saturated rings. The second-order valence-electron chi connectivity index (χ2n) is 5.04. The van der Waals surface area contributed by atoms with E-state index in [0.717, 1.165) is 36.8 Å². The van der Waals surface area contributed by atoms with Gasteiger partial charge in [0.2, 0.25) is 10.0 Å². The van der Waals surface area contributed by atoms with Crippen molar-refractivity contribution in [1.29, 1.82) is 0 Å². The summed E-state index contributed by atoms with van der Waals surface area (Å²) < 4.78 is 28.0. The maximum Gasteiger partial charge on any atom is 0.325 e. The van der Waals surface area contributed by atoms with Crippen molar-refractivity contribution >= 4 is 16.0 Å². The first kappa shape index (κ1) is 15.9. The van der Waals surface area contributed by atoms with Gasteiger partial charge in [0.25, 0.3) is 0 Å². The maximum absolute atomic E-state index is 12.2. The third-order valence-corrected chi connectivity index (χ3v) is 5.01. The first-order chi connectivity index (χ1) is 9.92. The SMILES string of the molecule is CCN1CCCC1CNS(=O)(=O)c1cnn(CC(=O)O)c1. The van der Waals surface area contributed by atoms with Crippen LogP contribution in [-0.4, -0.2) is 59.9 Å². The topological polar surface area (TPSA) is 105 Å². The fraction of sp³-hybridized carbons (Fsp3) is 0.667. The number of likely N-dealkylation sites (N-methyl/N-ethyl adjacent to an activating group) is 1. The summed E-state index contributed by atoms with van der Waals surface area (Å²) in [4.78, 5) is 12.8. The maximum atomic E-state index is 12.2. The average Bonchev–Trinajstić information content (AvgIpc) is 3.04. The Kier molecular flexibility index (Phi) is 4.96. The molecule has 1 aliphatic heterocycles. The number of nitrogens with zero attached hydrogens (tertiary/aromatic N) is 3. The van der Waals surface area contributed by atoms with Gasteiger partial charge in [0.1, 0.15) is 11.4 Å². The number of hydrogen-bond acceptors (Lipinski definition) is 5. The van der Waals surface area contributed by atoms with E-state index in [1.54, 1.807) is 0 Å². The Bertz CT molecular complexity index is 598. The minimum atomic E-state index is -3.65. The van der Waals surface area contributed by atoms with Gasteiger partial charge in [-0.25, -0.2) is 13.1 Å². The molecule has 1 atom stereocenters. The molecule has 0 bridgehead atoms. The lowest BCUT2D eigenvalue weighted by molar-refractivity contribution is -0.137. The first-order valence-corrected chi connectivity index (χ1v) is 8.38. The van der Waals surface area contributed by atoms with Gasteiger partial charge >= 0.3 is 5.97 Å². The van der Waals surface area contributed by atoms with Crippen LogP contribution < -0.4 is 4.72 Å². The second kappa shape index (κ2) is 6.54. The van der Waals surface area contributed by atoms with Crippen LogP contribution in [0.25, 0.3) is 0 Å². The Morgan fingerprint density at radius 1 is 1.57 bits per heavy atom. The van der Waals surface area contributed by atoms with E-state index in [1.165, 1.54) is 6.20 Å². The predicted molar refractivity (Wildman–Crippen MR) is 75.3 cm³/mol. The predicted octanol–water partition coefficient (Wildman–Crippen LogP) is -0.270. The zero-order chi connectivity index (χ0) is 15.5. The highest BCUT2D eigenvalue weighted by Crippen LogP contribution is 2.16. The number of sulfonamides is 1. The molecule has 1 unspecified atom stereocenters. The van der Waals surface area contributed by atoms with E-state index in [2.05, 4.69) is 21.6 Å². The molecule has 9 heteroatoms. The van der Waals surface area contributed by atoms with Crippen molar-refractivity contribution in [3.63, 3.8) is 0 Å². The molecular weight excluding hydrogens is 296 g/mol. The van der Waals surface area contributed by atoms with E-state index in [-0.39, 0.29) is 17.5 Å². The van der Waals surface area contributed by atoms with E-state index in [4.69, 9.17) is 5.11 Å². The first-order valence-electron chi connectivity index (χ1n) is 6.90. The summed E-state index contributed by atoms with van der Waals surface area (Å²) in [6.45, 7) is 3.97. The summed E-state index contributed by atoms with van der Waals surface area (Å²) in [6.07, 6.45) is 4.45. The third kappa shape index (κ3) is 4.02. The zero-order valence-corrected chi connectivity index (χ0v) is 12.7. The Balaban J connectivity index is 1.98. The van der Waals surface area contributed by atoms with Gasteiger partial charge in [-0.2, -0.15) is 5.10 Å². The highest BCUT2D eigenvalue weighted by atomic mass is 32.2. The molecule has 1 aromatic rings. The van der Waals surface area contributed by atoms with Crippen LogP contribution in [0.3, 0.4) is 0 Å². The summed E-state index contributed by atoms with van der Waals surface area (Å²) >= 11 is 0. The van der Waals surface area contributed by atoms with Crippen molar-refractivity contribution in [2.24, 2.45) is 0 Å². The van der Waals surface area contributed by atoms with Crippen molar-refractivity contribution in [2.45, 2.75) is 37.2 Å². The molecule has 0 aliphatic carbocycles. The number of aliphatic carboxylic acids is 1. The van der Waals surface area contributed by atoms with Crippen LogP contribution in [-0.2, 0) is 21.4 Å². The van der Waals surface area contributed by atoms with Gasteiger partial charge in [-0.1, -0.05) is 6.92 Å². The molecule has 118 valence electrons. The van der Waals surface area contributed by atoms with Crippen molar-refractivity contribution in [3.8, 4) is 0 Å². The molecule has 2 heterocycles. The van der Waals surface area contributed by atoms with E-state index >= 15 is 0 Å². The van der Waals surface area contributed by atoms with Gasteiger partial charge < -0.3 is 5.11 Å². The van der Waals surface area contributed by atoms with E-state index in [9.17, 15) is 13.2 Å². The van der Waals surface area contributed by atoms with E-state index in [0.29, 0.717) is 6.54 Å². The summed E-state index contributed by atoms with van der Waals surface area (Å²) in [6, 6.07) is 0.221. The molecule has 0 aromatic carbocycles. The lowest BCUT2D eigenvalue weighted by atomic mass is 10.2. The molecule has 1 aromatic heterocycles. The summed E-state index contributed by atoms with van der Waals surface area (Å²) in [5.74, 6) is -1.07. The van der Waals surface area contributed by atoms with Gasteiger partial charge in [-0.05, 0) is 25.9 Å². The quantitative estimate of drug-likeness (QED) is 0.717. The van der Waals surface area contributed by atoms with Crippen molar-refractivity contribution in [1.82, 2.24) is 19.4 Å². The fourth-order valence-electron chi connectivity index (χ4n) is 2.54. The normalized spacial score (nSPS) is 20.0. The number of likely N-dealkylation sites (tertiary alicyclic amines) is 1. The highest BCUT2D eigenvalue weighted by Gasteiger charge is 2.25. The minimum Gasteiger partial charge on any atom is -0.480 e. The van der Waals surface area contributed by atoms with Gasteiger partial charge in [-0.15, -0.1) is 0 Å². The number of aromatic nitrogens is 2. The van der Waals surface area contributed by atoms with Crippen molar-refractivity contribution < 1.29 is 18.3 Å². The molecule has 2 N–H and O–H groups in total. The van der Waals surface area contributed by atoms with E-state index in [1.807, 2.05) is 0 Å². The lowest BCUT2D eigenvalue weighted by Gasteiger charge is -2.22. The van der Waals surface area contributed by atoms with Crippen LogP contribution in [0.15, 0.2) is 17.3 Å². The van der Waals surface area contributed by atoms with Crippen LogP contribution in [0.5, 0.6) is 0 Å². The molecule has 1 saturated heterocycles. The largest absolute Gasteiger partial charge is 0.480 e. The summed E-state index contributed by atoms with van der Waals surface area (Å²) in [7, 11) is -3.65. The van der Waals surface area contributed by atoms with Gasteiger partial charge in [0.05, 0.1) is 6.20 Å². The molecule has 1 aliphatic rings. The molecule has 2 rings (SSSR count). The second-order valence-corrected chi connectivity index (χ2v) is 6.81. The minimum absolute atomic E-state index is 0.00945. The van der Waals surface area contributed by atoms with Gasteiger partial charge in [-0.3, -0.25) is 14.4 Å². The van der Waals surface area contributed by atoms with Crippen LogP contribution in [0.1, 0.15) is 19.8 Å². The van der Waals surface area contributed by atoms with Crippen LogP contribution in [0, 0.1) is 0 Å². The summed E-state index contributed by atoms with van der Waals surface area (Å²) in [5.41, 5.74) is 0. The van der Waals surface area contributed by atoms with Crippen LogP contribution in [0.4, 0.5) is 0 Å². The van der Waals surface area contributed by atoms with Gasteiger partial charge in [0.15, 0.2) is 0 Å². The van der Waals surface area contributed by atoms with Crippen LogP contribution in [0.2, 0.25) is 0 Å². The number of carbonyl (C=O) groups is 1. The standard InChI is InChI=1S/C12H20N4O4S/c1-2-15-5-3-4-10(15)6-14-21(19,20)11-7-13-16(8-11)9-12(17)18/h7-8,10,14H,2-6,9H2,1H3,(H,17,18).